The Labute approximate surface area is 203 Å². The fourth-order valence-corrected chi connectivity index (χ4v) is 4.70. The minimum absolute atomic E-state index is 0.0382. The van der Waals surface area contributed by atoms with Crippen LogP contribution in [0.4, 0.5) is 14.0 Å². The lowest BCUT2D eigenvalue weighted by Gasteiger charge is -2.23. The highest BCUT2D eigenvalue weighted by Gasteiger charge is 2.55. The highest BCUT2D eigenvalue weighted by Crippen LogP contribution is 2.44. The predicted molar refractivity (Wildman–Crippen MR) is 126 cm³/mol. The minimum Gasteiger partial charge on any atom is -0.479 e. The molecule has 0 unspecified atom stereocenters. The van der Waals surface area contributed by atoms with Gasteiger partial charge in [0.15, 0.2) is 0 Å². The van der Waals surface area contributed by atoms with Gasteiger partial charge in [0, 0.05) is 24.9 Å². The van der Waals surface area contributed by atoms with E-state index in [9.17, 15) is 19.5 Å². The van der Waals surface area contributed by atoms with Crippen molar-refractivity contribution in [2.45, 2.75) is 38.0 Å². The van der Waals surface area contributed by atoms with Crippen LogP contribution in [0.3, 0.4) is 0 Å². The van der Waals surface area contributed by atoms with E-state index >= 15 is 4.39 Å². The third-order valence-corrected chi connectivity index (χ3v) is 6.35. The van der Waals surface area contributed by atoms with E-state index in [1.807, 2.05) is 48.5 Å². The van der Waals surface area contributed by atoms with Gasteiger partial charge in [0.2, 0.25) is 5.67 Å². The maximum absolute atomic E-state index is 15.4. The first-order valence-electron chi connectivity index (χ1n) is 11.5. The molecule has 0 bridgehead atoms. The second-order valence-corrected chi connectivity index (χ2v) is 9.93. The molecule has 0 aromatic heterocycles. The van der Waals surface area contributed by atoms with E-state index in [2.05, 4.69) is 5.32 Å². The molecule has 1 saturated heterocycles. The number of rotatable bonds is 5. The summed E-state index contributed by atoms with van der Waals surface area (Å²) in [6.07, 6.45) is -1.58. The van der Waals surface area contributed by atoms with E-state index in [0.717, 1.165) is 27.2 Å². The van der Waals surface area contributed by atoms with E-state index in [1.165, 1.54) is 0 Å². The molecule has 9 heteroatoms. The van der Waals surface area contributed by atoms with Gasteiger partial charge in [-0.05, 0) is 43.0 Å². The molecule has 4 rings (SSSR count). The van der Waals surface area contributed by atoms with Crippen molar-refractivity contribution in [1.82, 2.24) is 10.2 Å². The van der Waals surface area contributed by atoms with E-state index in [-0.39, 0.29) is 25.6 Å². The third kappa shape index (κ3) is 4.94. The molecule has 2 aromatic carbocycles. The number of carbonyl (C=O) groups excluding carboxylic acids is 2. The lowest BCUT2D eigenvalue weighted by atomic mass is 9.93. The van der Waals surface area contributed by atoms with E-state index in [1.54, 1.807) is 20.8 Å². The molecule has 1 fully saturated rings. The third-order valence-electron chi connectivity index (χ3n) is 6.35. The molecule has 186 valence electrons. The van der Waals surface area contributed by atoms with Crippen LogP contribution in [0.1, 0.15) is 37.8 Å². The van der Waals surface area contributed by atoms with Crippen molar-refractivity contribution in [3.63, 3.8) is 0 Å². The molecule has 2 atom stereocenters. The Balaban J connectivity index is 1.42. The van der Waals surface area contributed by atoms with Crippen LogP contribution in [0.15, 0.2) is 48.5 Å². The molecule has 2 aromatic rings. The Morgan fingerprint density at radius 3 is 2.20 bits per heavy atom. The number of hydrogen-bond donors (Lipinski definition) is 2. The van der Waals surface area contributed by atoms with Gasteiger partial charge < -0.3 is 24.8 Å². The highest BCUT2D eigenvalue weighted by atomic mass is 19.1. The fourth-order valence-electron chi connectivity index (χ4n) is 4.70. The summed E-state index contributed by atoms with van der Waals surface area (Å²) >= 11 is 0. The average molecular weight is 485 g/mol. The van der Waals surface area contributed by atoms with Crippen molar-refractivity contribution in [3.05, 3.63) is 59.7 Å². The summed E-state index contributed by atoms with van der Waals surface area (Å²) in [7, 11) is 0. The molecule has 8 nitrogen and oxygen atoms in total. The first kappa shape index (κ1) is 24.5. The van der Waals surface area contributed by atoms with E-state index < -0.39 is 41.9 Å². The normalized spacial score (nSPS) is 21.3. The van der Waals surface area contributed by atoms with Crippen LogP contribution < -0.4 is 5.32 Å². The maximum Gasteiger partial charge on any atom is 0.409 e. The smallest absolute Gasteiger partial charge is 0.409 e. The molecule has 1 aliphatic carbocycles. The van der Waals surface area contributed by atoms with Crippen LogP contribution in [0.5, 0.6) is 0 Å². The number of carbonyl (C=O) groups is 3. The van der Waals surface area contributed by atoms with Crippen LogP contribution in [-0.2, 0) is 14.3 Å². The van der Waals surface area contributed by atoms with Gasteiger partial charge in [-0.15, -0.1) is 0 Å². The van der Waals surface area contributed by atoms with Crippen molar-refractivity contribution >= 4 is 18.2 Å². The summed E-state index contributed by atoms with van der Waals surface area (Å²) in [6.45, 7) is 3.89. The second kappa shape index (κ2) is 9.20. The first-order chi connectivity index (χ1) is 16.5. The van der Waals surface area contributed by atoms with Gasteiger partial charge in [0.1, 0.15) is 12.2 Å². The van der Waals surface area contributed by atoms with Gasteiger partial charge in [0.25, 0.3) is 0 Å². The number of aliphatic carboxylic acids is 1. The number of halogens is 1. The average Bonchev–Trinajstić information content (AvgIpc) is 3.31. The van der Waals surface area contributed by atoms with E-state index in [4.69, 9.17) is 9.47 Å². The monoisotopic (exact) mass is 484 g/mol. The zero-order valence-corrected chi connectivity index (χ0v) is 19.9. The largest absolute Gasteiger partial charge is 0.479 e. The molecule has 0 radical (unpaired) electrons. The number of ether oxygens (including phenoxy) is 2. The summed E-state index contributed by atoms with van der Waals surface area (Å²) in [5, 5.41) is 11.9. The number of likely N-dealkylation sites (tertiary alicyclic amines) is 1. The summed E-state index contributed by atoms with van der Waals surface area (Å²) in [6, 6.07) is 15.8. The maximum atomic E-state index is 15.4. The zero-order valence-electron chi connectivity index (χ0n) is 19.9. The van der Waals surface area contributed by atoms with Gasteiger partial charge in [-0.3, -0.25) is 0 Å². The Morgan fingerprint density at radius 1 is 1.09 bits per heavy atom. The molecule has 2 N–H and O–H groups in total. The van der Waals surface area contributed by atoms with Gasteiger partial charge in [0.05, 0.1) is 6.54 Å². The van der Waals surface area contributed by atoms with Crippen LogP contribution >= 0.6 is 0 Å². The van der Waals surface area contributed by atoms with Gasteiger partial charge in [-0.2, -0.15) is 0 Å². The SMILES string of the molecule is CC(C)(C)OC(=O)NC[C@@H]1CN(C(=O)OCC2c3ccccc3-c3ccccc32)C[C@]1(F)C(=O)O. The molecule has 0 spiro atoms. The standard InChI is InChI=1S/C26H29FN2O6/c1-25(2,3)35-23(32)28-12-16-13-29(15-26(16,27)22(30)31)24(33)34-14-21-19-10-6-4-8-17(19)18-9-5-7-11-20(18)21/h4-11,16,21H,12-15H2,1-3H3,(H,28,32)(H,30,31)/t16-,26-/m1/s1. The Morgan fingerprint density at radius 2 is 1.66 bits per heavy atom. The quantitative estimate of drug-likeness (QED) is 0.660. The number of alkyl carbamates (subject to hydrolysis) is 1. The van der Waals surface area contributed by atoms with E-state index in [0.29, 0.717) is 0 Å². The lowest BCUT2D eigenvalue weighted by Crippen LogP contribution is -2.47. The number of alkyl halides is 1. The first-order valence-corrected chi connectivity index (χ1v) is 11.5. The molecular weight excluding hydrogens is 455 g/mol. The van der Waals surface area contributed by atoms with Crippen molar-refractivity contribution in [2.24, 2.45) is 5.92 Å². The van der Waals surface area contributed by atoms with Gasteiger partial charge in [-0.1, -0.05) is 48.5 Å². The number of amides is 2. The van der Waals surface area contributed by atoms with Crippen LogP contribution in [0, 0.1) is 5.92 Å². The van der Waals surface area contributed by atoms with Crippen molar-refractivity contribution in [3.8, 4) is 11.1 Å². The topological polar surface area (TPSA) is 105 Å². The molecule has 35 heavy (non-hydrogen) atoms. The molecular formula is C26H29FN2O6. The van der Waals surface area contributed by atoms with Crippen molar-refractivity contribution < 1.29 is 33.4 Å². The van der Waals surface area contributed by atoms with Crippen LogP contribution in [-0.4, -0.2) is 65.7 Å². The van der Waals surface area contributed by atoms with Gasteiger partial charge >= 0.3 is 18.2 Å². The lowest BCUT2D eigenvalue weighted by molar-refractivity contribution is -0.152. The van der Waals surface area contributed by atoms with Gasteiger partial charge in [-0.25, -0.2) is 18.8 Å². The Hall–Kier alpha value is -3.62. The second-order valence-electron chi connectivity index (χ2n) is 9.93. The number of fused-ring (bicyclic) bond motifs is 3. The number of nitrogens with one attached hydrogen (secondary N) is 1. The highest BCUT2D eigenvalue weighted by molar-refractivity contribution is 5.81. The summed E-state index contributed by atoms with van der Waals surface area (Å²) in [5.41, 5.74) is 0.743. The fraction of sp³-hybridized carbons (Fsp3) is 0.423. The summed E-state index contributed by atoms with van der Waals surface area (Å²) < 4.78 is 26.1. The summed E-state index contributed by atoms with van der Waals surface area (Å²) in [5.74, 6) is -3.02. The number of nitrogens with zero attached hydrogens (tertiary/aromatic N) is 1. The molecule has 2 amide bonds. The molecule has 0 saturated carbocycles. The van der Waals surface area contributed by atoms with Crippen LogP contribution in [0.25, 0.3) is 11.1 Å². The predicted octanol–water partition coefficient (Wildman–Crippen LogP) is 4.18. The number of carboxylic acid groups (broad SMARTS) is 1. The zero-order chi connectivity index (χ0) is 25.4. The molecule has 2 aliphatic rings. The van der Waals surface area contributed by atoms with Crippen molar-refractivity contribution in [2.75, 3.05) is 26.2 Å². The summed E-state index contributed by atoms with van der Waals surface area (Å²) in [4.78, 5) is 37.6. The minimum atomic E-state index is -2.72. The van der Waals surface area contributed by atoms with Crippen LogP contribution in [0.2, 0.25) is 0 Å². The number of benzene rings is 2. The molecule has 1 heterocycles. The van der Waals surface area contributed by atoms with Crippen molar-refractivity contribution in [1.29, 1.82) is 0 Å². The molecule has 1 aliphatic heterocycles. The number of hydrogen-bond acceptors (Lipinski definition) is 5. The number of carboxylic acids is 1. The Kier molecular flexibility index (Phi) is 6.44. The Bertz CT molecular complexity index is 1100.